The molecule has 1 unspecified atom stereocenters. The van der Waals surface area contributed by atoms with Crippen molar-refractivity contribution in [3.05, 3.63) is 119 Å². The molecule has 1 atom stereocenters. The van der Waals surface area contributed by atoms with Crippen molar-refractivity contribution in [3.8, 4) is 5.75 Å². The number of hydrogen-bond donors (Lipinski definition) is 5. The van der Waals surface area contributed by atoms with Crippen LogP contribution in [0.2, 0.25) is 0 Å². The van der Waals surface area contributed by atoms with Crippen LogP contribution in [0.4, 0.5) is 4.79 Å². The summed E-state index contributed by atoms with van der Waals surface area (Å²) < 4.78 is 26.0. The number of rotatable bonds is 24. The summed E-state index contributed by atoms with van der Waals surface area (Å²) in [7, 11) is 0. The summed E-state index contributed by atoms with van der Waals surface area (Å²) in [5.41, 5.74) is 7.45. The predicted molar refractivity (Wildman–Crippen MR) is 245 cm³/mol. The summed E-state index contributed by atoms with van der Waals surface area (Å²) in [6.45, 7) is 10.2. The van der Waals surface area contributed by atoms with Crippen molar-refractivity contribution in [1.82, 2.24) is 35.1 Å². The quantitative estimate of drug-likeness (QED) is 0.0402. The zero-order chi connectivity index (χ0) is 44.9. The number of phenols is 1. The van der Waals surface area contributed by atoms with E-state index in [-0.39, 0.29) is 23.6 Å². The van der Waals surface area contributed by atoms with E-state index in [1.807, 2.05) is 39.2 Å². The first-order valence-corrected chi connectivity index (χ1v) is 22.3. The standard InChI is InChI=1S/C49H61N7O8/c1-49(2,3)64-48(60)51-20-24-62-26-28-63-27-25-61-23-19-50-44(58)13-6-7-21-55-31-36(52-33-55)32-56-22-18-35-15-14-34(29-43(35)56)9-8-12-42-45(39-10-4-5-11-41(39)53-42)46-40-30-37(57)16-17-38(40)47(59)54-46/h4-5,10-11,14-18,22,29-31,33,46,53,57H,6-9,12-13,19-21,23-28,32H2,1-3H3,(H,50,58)(H,51,60)(H,54,59). The number of alkyl carbamates (subject to hydrolysis) is 1. The number of aromatic hydroxyl groups is 1. The molecule has 0 saturated carbocycles. The number of amides is 3. The summed E-state index contributed by atoms with van der Waals surface area (Å²) >= 11 is 0. The van der Waals surface area contributed by atoms with E-state index in [1.54, 1.807) is 18.2 Å². The lowest BCUT2D eigenvalue weighted by Gasteiger charge is -2.19. The second kappa shape index (κ2) is 22.0. The van der Waals surface area contributed by atoms with Crippen LogP contribution < -0.4 is 16.0 Å². The third kappa shape index (κ3) is 12.7. The van der Waals surface area contributed by atoms with Crippen molar-refractivity contribution in [2.24, 2.45) is 0 Å². The monoisotopic (exact) mass is 875 g/mol. The normalized spacial score (nSPS) is 13.7. The number of ether oxygens (including phenoxy) is 4. The minimum Gasteiger partial charge on any atom is -0.508 e. The predicted octanol–water partition coefficient (Wildman–Crippen LogP) is 6.94. The third-order valence-corrected chi connectivity index (χ3v) is 11.0. The van der Waals surface area contributed by atoms with E-state index in [0.717, 1.165) is 77.6 Å². The number of nitrogens with one attached hydrogen (secondary N) is 4. The van der Waals surface area contributed by atoms with Gasteiger partial charge in [-0.05, 0) is 106 Å². The van der Waals surface area contributed by atoms with Gasteiger partial charge in [0.2, 0.25) is 5.91 Å². The smallest absolute Gasteiger partial charge is 0.407 e. The number of carbonyl (C=O) groups excluding carboxylic acids is 3. The highest BCUT2D eigenvalue weighted by Crippen LogP contribution is 2.39. The van der Waals surface area contributed by atoms with Crippen molar-refractivity contribution in [1.29, 1.82) is 0 Å². The number of hydrogen-bond acceptors (Lipinski definition) is 9. The molecule has 15 nitrogen and oxygen atoms in total. The number of benzene rings is 3. The highest BCUT2D eigenvalue weighted by atomic mass is 16.6. The number of nitrogens with zero attached hydrogens (tertiary/aromatic N) is 3. The topological polar surface area (TPSA) is 183 Å². The zero-order valence-corrected chi connectivity index (χ0v) is 37.1. The molecule has 4 heterocycles. The number of carbonyl (C=O) groups is 3. The molecule has 5 N–H and O–H groups in total. The molecule has 3 amide bonds. The second-order valence-corrected chi connectivity index (χ2v) is 17.1. The number of aromatic nitrogens is 4. The summed E-state index contributed by atoms with van der Waals surface area (Å²) in [5, 5.41) is 21.2. The van der Waals surface area contributed by atoms with Gasteiger partial charge in [-0.3, -0.25) is 9.59 Å². The minimum absolute atomic E-state index is 0.0121. The number of imidazole rings is 1. The molecule has 3 aromatic carbocycles. The maximum absolute atomic E-state index is 12.9. The molecule has 3 aromatic heterocycles. The Kier molecular flexibility index (Phi) is 15.7. The van der Waals surface area contributed by atoms with E-state index in [9.17, 15) is 19.5 Å². The molecule has 15 heteroatoms. The lowest BCUT2D eigenvalue weighted by atomic mass is 9.94. The number of aromatic amines is 1. The Labute approximate surface area is 373 Å². The van der Waals surface area contributed by atoms with Crippen LogP contribution in [0.1, 0.15) is 90.9 Å². The average molecular weight is 876 g/mol. The van der Waals surface area contributed by atoms with Crippen LogP contribution in [0.3, 0.4) is 0 Å². The average Bonchev–Trinajstić information content (AvgIpc) is 4.05. The van der Waals surface area contributed by atoms with Crippen LogP contribution in [0.25, 0.3) is 21.8 Å². The Hall–Kier alpha value is -6.16. The molecular weight excluding hydrogens is 815 g/mol. The number of phenolic OH excluding ortho intramolecular Hbond substituents is 1. The Morgan fingerprint density at radius 2 is 1.62 bits per heavy atom. The molecule has 7 rings (SSSR count). The van der Waals surface area contributed by atoms with Crippen molar-refractivity contribution >= 4 is 39.7 Å². The van der Waals surface area contributed by atoms with Crippen LogP contribution in [-0.2, 0) is 49.7 Å². The Bertz CT molecular complexity index is 2500. The Morgan fingerprint density at radius 3 is 2.42 bits per heavy atom. The number of H-pyrrole nitrogens is 1. The maximum Gasteiger partial charge on any atom is 0.407 e. The molecular formula is C49H61N7O8. The summed E-state index contributed by atoms with van der Waals surface area (Å²) in [6, 6.07) is 21.6. The number of fused-ring (bicyclic) bond motifs is 3. The van der Waals surface area contributed by atoms with Gasteiger partial charge in [-0.25, -0.2) is 9.78 Å². The summed E-state index contributed by atoms with van der Waals surface area (Å²) in [5.74, 6) is 0.0333. The fraction of sp³-hybridized carbons (Fsp3) is 0.429. The van der Waals surface area contributed by atoms with Crippen molar-refractivity contribution in [3.63, 3.8) is 0 Å². The van der Waals surface area contributed by atoms with Gasteiger partial charge in [0, 0.05) is 71.7 Å². The van der Waals surface area contributed by atoms with Crippen molar-refractivity contribution < 1.29 is 38.4 Å². The van der Waals surface area contributed by atoms with Crippen LogP contribution in [0.15, 0.2) is 85.5 Å². The molecule has 0 bridgehead atoms. The number of aryl methyl sites for hydroxylation is 3. The summed E-state index contributed by atoms with van der Waals surface area (Å²) in [4.78, 5) is 45.2. The van der Waals surface area contributed by atoms with Crippen LogP contribution in [-0.4, -0.2) is 100 Å². The molecule has 64 heavy (non-hydrogen) atoms. The molecule has 0 saturated heterocycles. The SMILES string of the molecule is CC(C)(C)OC(=O)NCCOCCOCCOCCNC(=O)CCCCn1cnc(Cn2ccc3ccc(CCCc4[nH]c5ccccc5c4C4NC(=O)c5ccc(O)cc54)cc32)c1. The molecule has 0 spiro atoms. The van der Waals surface area contributed by atoms with E-state index >= 15 is 0 Å². The summed E-state index contributed by atoms with van der Waals surface area (Å²) in [6.07, 6.45) is 10.3. The fourth-order valence-corrected chi connectivity index (χ4v) is 8.05. The molecule has 6 aromatic rings. The van der Waals surface area contributed by atoms with Gasteiger partial charge >= 0.3 is 6.09 Å². The maximum atomic E-state index is 12.9. The number of para-hydroxylation sites is 1. The highest BCUT2D eigenvalue weighted by Gasteiger charge is 2.33. The highest BCUT2D eigenvalue weighted by molar-refractivity contribution is 6.01. The van der Waals surface area contributed by atoms with Gasteiger partial charge < -0.3 is 54.1 Å². The van der Waals surface area contributed by atoms with Crippen LogP contribution in [0.5, 0.6) is 5.75 Å². The van der Waals surface area contributed by atoms with Gasteiger partial charge in [0.05, 0.1) is 64.2 Å². The first-order chi connectivity index (χ1) is 31.0. The van der Waals surface area contributed by atoms with Gasteiger partial charge in [0.15, 0.2) is 0 Å². The molecule has 0 radical (unpaired) electrons. The fourth-order valence-electron chi connectivity index (χ4n) is 8.05. The van der Waals surface area contributed by atoms with Crippen LogP contribution >= 0.6 is 0 Å². The third-order valence-electron chi connectivity index (χ3n) is 11.0. The minimum atomic E-state index is -0.530. The van der Waals surface area contributed by atoms with E-state index < -0.39 is 11.7 Å². The van der Waals surface area contributed by atoms with Gasteiger partial charge in [-0.15, -0.1) is 0 Å². The van der Waals surface area contributed by atoms with E-state index in [2.05, 4.69) is 83.8 Å². The molecule has 0 fully saturated rings. The zero-order valence-electron chi connectivity index (χ0n) is 37.1. The van der Waals surface area contributed by atoms with E-state index in [1.165, 1.54) is 10.9 Å². The van der Waals surface area contributed by atoms with Crippen molar-refractivity contribution in [2.45, 2.75) is 84.0 Å². The lowest BCUT2D eigenvalue weighted by Crippen LogP contribution is -2.34. The van der Waals surface area contributed by atoms with E-state index in [4.69, 9.17) is 18.9 Å². The first kappa shape index (κ1) is 45.9. The molecule has 1 aliphatic rings. The first-order valence-electron chi connectivity index (χ1n) is 22.3. The van der Waals surface area contributed by atoms with Gasteiger partial charge in [0.25, 0.3) is 5.91 Å². The number of unbranched alkanes of at least 4 members (excludes halogenated alkanes) is 1. The largest absolute Gasteiger partial charge is 0.508 e. The van der Waals surface area contributed by atoms with Crippen LogP contribution in [0, 0.1) is 0 Å². The Morgan fingerprint density at radius 1 is 0.859 bits per heavy atom. The molecule has 340 valence electrons. The molecule has 0 aliphatic carbocycles. The van der Waals surface area contributed by atoms with Gasteiger partial charge in [-0.1, -0.05) is 30.3 Å². The lowest BCUT2D eigenvalue weighted by molar-refractivity contribution is -0.121. The van der Waals surface area contributed by atoms with Crippen molar-refractivity contribution in [2.75, 3.05) is 52.7 Å². The van der Waals surface area contributed by atoms with E-state index in [0.29, 0.717) is 71.3 Å². The Balaban J connectivity index is 0.777. The molecule has 1 aliphatic heterocycles. The van der Waals surface area contributed by atoms with Gasteiger partial charge in [0.1, 0.15) is 11.4 Å². The second-order valence-electron chi connectivity index (χ2n) is 17.1. The van der Waals surface area contributed by atoms with Gasteiger partial charge in [-0.2, -0.15) is 0 Å².